The molecule has 0 bridgehead atoms. The van der Waals surface area contributed by atoms with Gasteiger partial charge in [-0.05, 0) is 42.2 Å². The van der Waals surface area contributed by atoms with Gasteiger partial charge in [-0.1, -0.05) is 57.3 Å². The summed E-state index contributed by atoms with van der Waals surface area (Å²) < 4.78 is 13.8. The lowest BCUT2D eigenvalue weighted by atomic mass is 9.93. The Balaban J connectivity index is 2.26. The smallest absolute Gasteiger partial charge is 0.127 e. The number of rotatable bonds is 4. The molecule has 0 amide bonds. The summed E-state index contributed by atoms with van der Waals surface area (Å²) in [7, 11) is 0. The zero-order chi connectivity index (χ0) is 13.8. The topological polar surface area (TPSA) is 0 Å². The van der Waals surface area contributed by atoms with Crippen LogP contribution in [-0.4, -0.2) is 5.33 Å². The number of benzene rings is 2. The van der Waals surface area contributed by atoms with Gasteiger partial charge in [-0.2, -0.15) is 0 Å². The van der Waals surface area contributed by atoms with E-state index in [4.69, 9.17) is 23.2 Å². The number of hydrogen-bond donors (Lipinski definition) is 0. The van der Waals surface area contributed by atoms with Crippen molar-refractivity contribution in [3.63, 3.8) is 0 Å². The zero-order valence-electron chi connectivity index (χ0n) is 10.0. The lowest BCUT2D eigenvalue weighted by Crippen LogP contribution is -2.06. The summed E-state index contributed by atoms with van der Waals surface area (Å²) in [6.45, 7) is 0. The average molecular weight is 362 g/mol. The summed E-state index contributed by atoms with van der Waals surface area (Å²) in [6.07, 6.45) is 0.554. The summed E-state index contributed by atoms with van der Waals surface area (Å²) in [6, 6.07) is 12.4. The van der Waals surface area contributed by atoms with Gasteiger partial charge < -0.3 is 0 Å². The van der Waals surface area contributed by atoms with Crippen molar-refractivity contribution in [2.75, 3.05) is 5.33 Å². The first-order chi connectivity index (χ1) is 9.11. The molecule has 4 heteroatoms. The highest BCUT2D eigenvalue weighted by atomic mass is 79.9. The number of hydrogen-bond acceptors (Lipinski definition) is 0. The minimum Gasteiger partial charge on any atom is -0.207 e. The molecule has 0 spiro atoms. The van der Waals surface area contributed by atoms with Crippen LogP contribution >= 0.6 is 39.1 Å². The second-order valence-corrected chi connectivity index (χ2v) is 5.80. The Labute approximate surface area is 130 Å². The van der Waals surface area contributed by atoms with E-state index >= 15 is 0 Å². The Hall–Kier alpha value is -0.570. The molecule has 2 aromatic carbocycles. The lowest BCUT2D eigenvalue weighted by Gasteiger charge is -2.16. The van der Waals surface area contributed by atoms with Gasteiger partial charge >= 0.3 is 0 Å². The molecule has 0 saturated heterocycles. The van der Waals surface area contributed by atoms with Crippen molar-refractivity contribution >= 4 is 39.1 Å². The first kappa shape index (κ1) is 14.8. The van der Waals surface area contributed by atoms with Crippen LogP contribution in [0.15, 0.2) is 42.5 Å². The van der Waals surface area contributed by atoms with E-state index in [1.165, 1.54) is 6.07 Å². The Morgan fingerprint density at radius 2 is 1.74 bits per heavy atom. The number of halogens is 4. The molecule has 0 saturated carbocycles. The van der Waals surface area contributed by atoms with Crippen LogP contribution in [0.3, 0.4) is 0 Å². The molecule has 0 fully saturated rings. The minimum absolute atomic E-state index is 0.159. The second-order valence-electron chi connectivity index (χ2n) is 4.31. The molecule has 2 rings (SSSR count). The maximum absolute atomic E-state index is 13.8. The van der Waals surface area contributed by atoms with Crippen LogP contribution in [0.2, 0.25) is 10.0 Å². The molecule has 2 aromatic rings. The van der Waals surface area contributed by atoms with Crippen LogP contribution in [0.4, 0.5) is 4.39 Å². The van der Waals surface area contributed by atoms with Crippen molar-refractivity contribution in [2.45, 2.75) is 12.3 Å². The number of alkyl halides is 1. The van der Waals surface area contributed by atoms with Crippen molar-refractivity contribution in [3.8, 4) is 0 Å². The fourth-order valence-corrected chi connectivity index (χ4v) is 2.94. The summed E-state index contributed by atoms with van der Waals surface area (Å²) in [5.41, 5.74) is 1.67. The normalized spacial score (nSPS) is 12.4. The third-order valence-corrected chi connectivity index (χ3v) is 4.43. The SMILES string of the molecule is Fc1cccc(Cl)c1CC(CBr)c1ccc(Cl)cc1. The van der Waals surface area contributed by atoms with E-state index in [0.29, 0.717) is 22.0 Å². The van der Waals surface area contributed by atoms with Crippen LogP contribution < -0.4 is 0 Å². The van der Waals surface area contributed by atoms with Gasteiger partial charge in [0.05, 0.1) is 0 Å². The Morgan fingerprint density at radius 1 is 1.05 bits per heavy atom. The molecule has 1 unspecified atom stereocenters. The van der Waals surface area contributed by atoms with Crippen LogP contribution in [0.1, 0.15) is 17.0 Å². The molecular formula is C15H12BrCl2F. The van der Waals surface area contributed by atoms with Gasteiger partial charge in [0, 0.05) is 20.9 Å². The molecule has 0 nitrogen and oxygen atoms in total. The molecule has 0 aliphatic carbocycles. The summed E-state index contributed by atoms with van der Waals surface area (Å²) in [5.74, 6) is -0.0981. The van der Waals surface area contributed by atoms with E-state index in [1.54, 1.807) is 12.1 Å². The first-order valence-electron chi connectivity index (χ1n) is 5.86. The van der Waals surface area contributed by atoms with E-state index < -0.39 is 0 Å². The Bertz CT molecular complexity index is 534. The van der Waals surface area contributed by atoms with Crippen molar-refractivity contribution in [3.05, 3.63) is 69.5 Å². The van der Waals surface area contributed by atoms with Gasteiger partial charge in [0.15, 0.2) is 0 Å². The Morgan fingerprint density at radius 3 is 2.32 bits per heavy atom. The molecule has 19 heavy (non-hydrogen) atoms. The predicted octanol–water partition coefficient (Wildman–Crippen LogP) is 5.85. The minimum atomic E-state index is -0.257. The third-order valence-electron chi connectivity index (χ3n) is 3.04. The maximum atomic E-state index is 13.8. The van der Waals surface area contributed by atoms with Crippen molar-refractivity contribution in [1.82, 2.24) is 0 Å². The van der Waals surface area contributed by atoms with E-state index in [2.05, 4.69) is 15.9 Å². The van der Waals surface area contributed by atoms with Crippen molar-refractivity contribution in [2.24, 2.45) is 0 Å². The van der Waals surface area contributed by atoms with Crippen molar-refractivity contribution in [1.29, 1.82) is 0 Å². The van der Waals surface area contributed by atoms with Crippen molar-refractivity contribution < 1.29 is 4.39 Å². The summed E-state index contributed by atoms with van der Waals surface area (Å²) in [5, 5.41) is 1.90. The monoisotopic (exact) mass is 360 g/mol. The predicted molar refractivity (Wildman–Crippen MR) is 83.1 cm³/mol. The second kappa shape index (κ2) is 6.74. The van der Waals surface area contributed by atoms with Gasteiger partial charge in [0.2, 0.25) is 0 Å². The fraction of sp³-hybridized carbons (Fsp3) is 0.200. The van der Waals surface area contributed by atoms with Gasteiger partial charge in [-0.15, -0.1) is 0 Å². The van der Waals surface area contributed by atoms with Crippen LogP contribution in [0, 0.1) is 5.82 Å². The zero-order valence-corrected chi connectivity index (χ0v) is 13.1. The van der Waals surface area contributed by atoms with Crippen LogP contribution in [0.25, 0.3) is 0 Å². The molecule has 0 aliphatic heterocycles. The van der Waals surface area contributed by atoms with E-state index in [-0.39, 0.29) is 11.7 Å². The molecule has 1 atom stereocenters. The fourth-order valence-electron chi connectivity index (χ4n) is 1.97. The highest BCUT2D eigenvalue weighted by molar-refractivity contribution is 9.09. The maximum Gasteiger partial charge on any atom is 0.127 e. The van der Waals surface area contributed by atoms with E-state index in [9.17, 15) is 4.39 Å². The molecule has 0 radical (unpaired) electrons. The molecule has 0 aromatic heterocycles. The Kier molecular flexibility index (Phi) is 5.26. The van der Waals surface area contributed by atoms with Gasteiger partial charge in [0.1, 0.15) is 5.82 Å². The average Bonchev–Trinajstić information content (AvgIpc) is 2.40. The molecule has 0 aliphatic rings. The van der Waals surface area contributed by atoms with Gasteiger partial charge in [0.25, 0.3) is 0 Å². The lowest BCUT2D eigenvalue weighted by molar-refractivity contribution is 0.599. The largest absolute Gasteiger partial charge is 0.207 e. The molecule has 100 valence electrons. The highest BCUT2D eigenvalue weighted by Gasteiger charge is 2.16. The highest BCUT2D eigenvalue weighted by Crippen LogP contribution is 2.29. The summed E-state index contributed by atoms with van der Waals surface area (Å²) >= 11 is 15.4. The van der Waals surface area contributed by atoms with Crippen LogP contribution in [0.5, 0.6) is 0 Å². The third kappa shape index (κ3) is 3.71. The van der Waals surface area contributed by atoms with E-state index in [0.717, 1.165) is 10.9 Å². The van der Waals surface area contributed by atoms with E-state index in [1.807, 2.05) is 24.3 Å². The quantitative estimate of drug-likeness (QED) is 0.599. The van der Waals surface area contributed by atoms with Gasteiger partial charge in [-0.25, -0.2) is 4.39 Å². The standard InChI is InChI=1S/C15H12BrCl2F/c16-9-11(10-4-6-12(17)7-5-10)8-13-14(18)2-1-3-15(13)19/h1-7,11H,8-9H2. The molecular weight excluding hydrogens is 350 g/mol. The molecule has 0 heterocycles. The van der Waals surface area contributed by atoms with Gasteiger partial charge in [-0.3, -0.25) is 0 Å². The summed E-state index contributed by atoms with van der Waals surface area (Å²) in [4.78, 5) is 0. The first-order valence-corrected chi connectivity index (χ1v) is 7.74. The van der Waals surface area contributed by atoms with Crippen LogP contribution in [-0.2, 0) is 6.42 Å². The molecule has 0 N–H and O–H groups in total.